The molecule has 0 aromatic heterocycles. The maximum absolute atomic E-state index is 12.8. The van der Waals surface area contributed by atoms with Crippen LogP contribution in [0.5, 0.6) is 17.2 Å². The van der Waals surface area contributed by atoms with Crippen molar-refractivity contribution in [3.05, 3.63) is 47.5 Å². The number of carbonyl (C=O) groups excluding carboxylic acids is 1. The van der Waals surface area contributed by atoms with Crippen LogP contribution in [0.3, 0.4) is 0 Å². The fraction of sp³-hybridized carbons (Fsp3) is 0.350. The van der Waals surface area contributed by atoms with Gasteiger partial charge in [0.15, 0.2) is 0 Å². The maximum atomic E-state index is 12.8. The van der Waals surface area contributed by atoms with Crippen LogP contribution in [0.15, 0.2) is 36.4 Å². The molecule has 0 aliphatic rings. The lowest BCUT2D eigenvalue weighted by Gasteiger charge is -2.22. The average molecular weight is 359 g/mol. The monoisotopic (exact) mass is 359 g/mol. The minimum Gasteiger partial charge on any atom is -0.496 e. The summed E-state index contributed by atoms with van der Waals surface area (Å²) in [5.41, 5.74) is 2.33. The highest BCUT2D eigenvalue weighted by molar-refractivity contribution is 5.85. The predicted octanol–water partition coefficient (Wildman–Crippen LogP) is 3.45. The van der Waals surface area contributed by atoms with Gasteiger partial charge in [0.25, 0.3) is 0 Å². The number of methoxy groups -OCH3 is 3. The van der Waals surface area contributed by atoms with Gasteiger partial charge in [-0.25, -0.2) is 0 Å². The van der Waals surface area contributed by atoms with Crippen molar-refractivity contribution in [2.45, 2.75) is 12.8 Å². The van der Waals surface area contributed by atoms with Crippen molar-refractivity contribution in [1.29, 1.82) is 0 Å². The summed E-state index contributed by atoms with van der Waals surface area (Å²) in [6.45, 7) is 2.06. The molecule has 6 heteroatoms. The van der Waals surface area contributed by atoms with E-state index in [0.29, 0.717) is 22.8 Å². The van der Waals surface area contributed by atoms with Gasteiger partial charge in [-0.15, -0.1) is 0 Å². The number of ether oxygens (including phenoxy) is 4. The smallest absolute Gasteiger partial charge is 0.318 e. The fourth-order valence-electron chi connectivity index (χ4n) is 2.81. The van der Waals surface area contributed by atoms with Gasteiger partial charge >= 0.3 is 5.97 Å². The summed E-state index contributed by atoms with van der Waals surface area (Å²) in [5.74, 6) is 0.521. The molecule has 1 N–H and O–H groups in total. The standard InChI is InChI=1S/C20H25NO5/c1-6-26-20(22)18(13-7-9-14(21-2)10-8-13)19-16(24-4)11-15(23-3)12-17(19)25-5/h7-12,18,21H,6H2,1-5H3. The normalized spacial score (nSPS) is 11.4. The lowest BCUT2D eigenvalue weighted by Crippen LogP contribution is -2.19. The molecule has 0 radical (unpaired) electrons. The molecule has 0 fully saturated rings. The largest absolute Gasteiger partial charge is 0.496 e. The number of carbonyl (C=O) groups is 1. The Morgan fingerprint density at radius 2 is 1.58 bits per heavy atom. The van der Waals surface area contributed by atoms with Gasteiger partial charge in [-0.2, -0.15) is 0 Å². The molecule has 0 heterocycles. The Labute approximate surface area is 154 Å². The Morgan fingerprint density at radius 1 is 1.00 bits per heavy atom. The lowest BCUT2D eigenvalue weighted by atomic mass is 9.89. The van der Waals surface area contributed by atoms with Gasteiger partial charge in [0.05, 0.1) is 33.5 Å². The van der Waals surface area contributed by atoms with E-state index in [1.54, 1.807) is 40.4 Å². The van der Waals surface area contributed by atoms with E-state index in [9.17, 15) is 4.79 Å². The van der Waals surface area contributed by atoms with E-state index in [0.717, 1.165) is 11.3 Å². The quantitative estimate of drug-likeness (QED) is 0.728. The van der Waals surface area contributed by atoms with Crippen LogP contribution in [0, 0.1) is 0 Å². The number of hydrogen-bond donors (Lipinski definition) is 1. The molecule has 0 aliphatic carbocycles. The van der Waals surface area contributed by atoms with E-state index in [-0.39, 0.29) is 12.6 Å². The summed E-state index contributed by atoms with van der Waals surface area (Å²) < 4.78 is 21.7. The number of hydrogen-bond acceptors (Lipinski definition) is 6. The fourth-order valence-corrected chi connectivity index (χ4v) is 2.81. The zero-order valence-electron chi connectivity index (χ0n) is 15.8. The van der Waals surface area contributed by atoms with Gasteiger partial charge in [-0.05, 0) is 24.6 Å². The predicted molar refractivity (Wildman–Crippen MR) is 101 cm³/mol. The maximum Gasteiger partial charge on any atom is 0.318 e. The van der Waals surface area contributed by atoms with Crippen LogP contribution in [-0.2, 0) is 9.53 Å². The van der Waals surface area contributed by atoms with Crippen LogP contribution in [0.1, 0.15) is 24.0 Å². The SMILES string of the molecule is CCOC(=O)C(c1ccc(NC)cc1)c1c(OC)cc(OC)cc1OC. The number of anilines is 1. The van der Waals surface area contributed by atoms with E-state index in [4.69, 9.17) is 18.9 Å². The van der Waals surface area contributed by atoms with Crippen molar-refractivity contribution in [3.63, 3.8) is 0 Å². The second kappa shape index (κ2) is 8.99. The molecular weight excluding hydrogens is 334 g/mol. The van der Waals surface area contributed by atoms with Crippen molar-refractivity contribution in [2.24, 2.45) is 0 Å². The molecule has 0 spiro atoms. The highest BCUT2D eigenvalue weighted by atomic mass is 16.5. The zero-order chi connectivity index (χ0) is 19.1. The summed E-state index contributed by atoms with van der Waals surface area (Å²) >= 11 is 0. The summed E-state index contributed by atoms with van der Waals surface area (Å²) in [6.07, 6.45) is 0. The number of nitrogens with one attached hydrogen (secondary N) is 1. The third-order valence-corrected chi connectivity index (χ3v) is 4.10. The molecule has 0 amide bonds. The Hall–Kier alpha value is -2.89. The van der Waals surface area contributed by atoms with Crippen LogP contribution < -0.4 is 19.5 Å². The van der Waals surface area contributed by atoms with E-state index in [2.05, 4.69) is 5.32 Å². The molecule has 0 aliphatic heterocycles. The van der Waals surface area contributed by atoms with Gasteiger partial charge in [0, 0.05) is 24.9 Å². The second-order valence-corrected chi connectivity index (χ2v) is 5.50. The first-order chi connectivity index (χ1) is 12.6. The lowest BCUT2D eigenvalue weighted by molar-refractivity contribution is -0.143. The van der Waals surface area contributed by atoms with Crippen LogP contribution in [0.2, 0.25) is 0 Å². The Kier molecular flexibility index (Phi) is 6.72. The average Bonchev–Trinajstić information content (AvgIpc) is 2.68. The van der Waals surface area contributed by atoms with Crippen molar-refractivity contribution < 1.29 is 23.7 Å². The van der Waals surface area contributed by atoms with Crippen LogP contribution in [0.25, 0.3) is 0 Å². The molecule has 0 saturated carbocycles. The molecule has 26 heavy (non-hydrogen) atoms. The first-order valence-electron chi connectivity index (χ1n) is 8.33. The Bertz CT molecular complexity index is 717. The minimum absolute atomic E-state index is 0.282. The molecule has 2 rings (SSSR count). The Morgan fingerprint density at radius 3 is 2.00 bits per heavy atom. The molecular formula is C20H25NO5. The molecule has 140 valence electrons. The zero-order valence-corrected chi connectivity index (χ0v) is 15.8. The molecule has 1 unspecified atom stereocenters. The van der Waals surface area contributed by atoms with E-state index in [1.807, 2.05) is 31.3 Å². The second-order valence-electron chi connectivity index (χ2n) is 5.50. The molecule has 2 aromatic rings. The summed E-state index contributed by atoms with van der Waals surface area (Å²) in [4.78, 5) is 12.8. The van der Waals surface area contributed by atoms with Crippen LogP contribution in [0.4, 0.5) is 5.69 Å². The number of benzene rings is 2. The third-order valence-electron chi connectivity index (χ3n) is 4.10. The van der Waals surface area contributed by atoms with Gasteiger partial charge in [-0.1, -0.05) is 12.1 Å². The highest BCUT2D eigenvalue weighted by Gasteiger charge is 2.31. The highest BCUT2D eigenvalue weighted by Crippen LogP contribution is 2.42. The van der Waals surface area contributed by atoms with Gasteiger partial charge in [0.2, 0.25) is 0 Å². The molecule has 0 bridgehead atoms. The minimum atomic E-state index is -0.684. The van der Waals surface area contributed by atoms with E-state index in [1.165, 1.54) is 0 Å². The van der Waals surface area contributed by atoms with Gasteiger partial charge in [-0.3, -0.25) is 4.79 Å². The third kappa shape index (κ3) is 4.02. The first-order valence-corrected chi connectivity index (χ1v) is 8.33. The summed E-state index contributed by atoms with van der Waals surface area (Å²) in [5, 5.41) is 3.07. The van der Waals surface area contributed by atoms with Crippen LogP contribution >= 0.6 is 0 Å². The summed E-state index contributed by atoms with van der Waals surface area (Å²) in [6, 6.07) is 11.0. The van der Waals surface area contributed by atoms with Crippen molar-refractivity contribution in [3.8, 4) is 17.2 Å². The first kappa shape index (κ1) is 19.4. The number of esters is 1. The topological polar surface area (TPSA) is 66.0 Å². The van der Waals surface area contributed by atoms with Crippen molar-refractivity contribution >= 4 is 11.7 Å². The summed E-state index contributed by atoms with van der Waals surface area (Å²) in [7, 11) is 6.49. The number of rotatable bonds is 8. The molecule has 6 nitrogen and oxygen atoms in total. The van der Waals surface area contributed by atoms with Crippen molar-refractivity contribution in [1.82, 2.24) is 0 Å². The van der Waals surface area contributed by atoms with E-state index < -0.39 is 5.92 Å². The molecule has 2 aromatic carbocycles. The van der Waals surface area contributed by atoms with E-state index >= 15 is 0 Å². The Balaban J connectivity index is 2.66. The molecule has 0 saturated heterocycles. The molecule has 1 atom stereocenters. The van der Waals surface area contributed by atoms with Gasteiger partial charge < -0.3 is 24.3 Å². The van der Waals surface area contributed by atoms with Crippen LogP contribution in [-0.4, -0.2) is 41.0 Å². The van der Waals surface area contributed by atoms with Crippen molar-refractivity contribution in [2.75, 3.05) is 40.3 Å². The van der Waals surface area contributed by atoms with Gasteiger partial charge in [0.1, 0.15) is 23.2 Å².